The van der Waals surface area contributed by atoms with Crippen LogP contribution in [-0.2, 0) is 6.54 Å². The highest BCUT2D eigenvalue weighted by molar-refractivity contribution is 5.95. The number of methoxy groups -OCH3 is 2. The van der Waals surface area contributed by atoms with E-state index < -0.39 is 0 Å². The number of hydrogen-bond acceptors (Lipinski definition) is 4. The van der Waals surface area contributed by atoms with E-state index in [-0.39, 0.29) is 12.3 Å². The molecule has 0 bridgehead atoms. The zero-order valence-electron chi connectivity index (χ0n) is 14.2. The van der Waals surface area contributed by atoms with Gasteiger partial charge in [-0.25, -0.2) is 4.57 Å². The molecule has 2 aromatic carbocycles. The van der Waals surface area contributed by atoms with Crippen LogP contribution in [0.1, 0.15) is 10.4 Å². The monoisotopic (exact) mass is 335 g/mol. The van der Waals surface area contributed by atoms with Crippen molar-refractivity contribution in [2.75, 3.05) is 14.2 Å². The van der Waals surface area contributed by atoms with Gasteiger partial charge in [0.2, 0.25) is 5.78 Å². The molecule has 0 aliphatic rings. The number of para-hydroxylation sites is 1. The molecule has 3 aromatic rings. The van der Waals surface area contributed by atoms with Crippen LogP contribution in [-0.4, -0.2) is 25.0 Å². The molecular weight excluding hydrogens is 316 g/mol. The highest BCUT2D eigenvalue weighted by atomic mass is 16.5. The summed E-state index contributed by atoms with van der Waals surface area (Å²) >= 11 is 0. The van der Waals surface area contributed by atoms with Crippen LogP contribution < -0.4 is 14.0 Å². The lowest BCUT2D eigenvalue weighted by molar-refractivity contribution is -0.686. The summed E-state index contributed by atoms with van der Waals surface area (Å²) < 4.78 is 12.2. The molecule has 126 valence electrons. The van der Waals surface area contributed by atoms with Gasteiger partial charge in [0.1, 0.15) is 11.5 Å². The lowest BCUT2D eigenvalue weighted by atomic mass is 10.1. The molecular formula is C20H19N2O3+. The molecule has 0 saturated carbocycles. The predicted molar refractivity (Wildman–Crippen MR) is 93.7 cm³/mol. The number of ether oxygens (including phenoxy) is 2. The number of ketones is 1. The molecule has 1 heterocycles. The second-order valence-electron chi connectivity index (χ2n) is 5.47. The summed E-state index contributed by atoms with van der Waals surface area (Å²) in [5.74, 6) is 1.51. The van der Waals surface area contributed by atoms with E-state index in [1.54, 1.807) is 49.4 Å². The van der Waals surface area contributed by atoms with E-state index in [0.29, 0.717) is 5.56 Å². The lowest BCUT2D eigenvalue weighted by Crippen LogP contribution is -2.37. The van der Waals surface area contributed by atoms with Gasteiger partial charge in [-0.15, -0.1) is 0 Å². The summed E-state index contributed by atoms with van der Waals surface area (Å²) in [5.41, 5.74) is 2.35. The van der Waals surface area contributed by atoms with Crippen molar-refractivity contribution in [2.24, 2.45) is 0 Å². The van der Waals surface area contributed by atoms with E-state index in [0.717, 1.165) is 22.8 Å². The number of aromatic nitrogens is 2. The first-order valence-electron chi connectivity index (χ1n) is 7.87. The molecule has 5 heteroatoms. The van der Waals surface area contributed by atoms with E-state index in [1.807, 2.05) is 36.5 Å². The van der Waals surface area contributed by atoms with E-state index >= 15 is 0 Å². The third kappa shape index (κ3) is 3.83. The molecule has 3 rings (SSSR count). The number of carbonyl (C=O) groups excluding carboxylic acids is 1. The largest absolute Gasteiger partial charge is 0.497 e. The van der Waals surface area contributed by atoms with Crippen molar-refractivity contribution >= 4 is 5.78 Å². The van der Waals surface area contributed by atoms with Gasteiger partial charge in [-0.05, 0) is 41.4 Å². The fourth-order valence-electron chi connectivity index (χ4n) is 2.53. The van der Waals surface area contributed by atoms with Crippen molar-refractivity contribution in [3.05, 3.63) is 72.7 Å². The average molecular weight is 335 g/mol. The van der Waals surface area contributed by atoms with Crippen LogP contribution in [0.2, 0.25) is 0 Å². The van der Waals surface area contributed by atoms with E-state index in [1.165, 1.54) is 0 Å². The molecule has 5 nitrogen and oxygen atoms in total. The predicted octanol–water partition coefficient (Wildman–Crippen LogP) is 2.94. The number of benzene rings is 2. The van der Waals surface area contributed by atoms with Crippen molar-refractivity contribution in [3.63, 3.8) is 0 Å². The Bertz CT molecular complexity index is 859. The first kappa shape index (κ1) is 16.6. The van der Waals surface area contributed by atoms with Gasteiger partial charge in [-0.2, -0.15) is 0 Å². The minimum atomic E-state index is 0.0134. The van der Waals surface area contributed by atoms with Gasteiger partial charge in [0.15, 0.2) is 12.2 Å². The molecule has 0 spiro atoms. The van der Waals surface area contributed by atoms with Crippen LogP contribution in [0.4, 0.5) is 0 Å². The highest BCUT2D eigenvalue weighted by Crippen LogP contribution is 2.26. The SMILES string of the molecule is COc1ccc(C(=O)C[n+]2ccc(-c3ccccc3OC)nc2)cc1. The average Bonchev–Trinajstić information content (AvgIpc) is 2.68. The van der Waals surface area contributed by atoms with Crippen LogP contribution in [0.25, 0.3) is 11.3 Å². The molecule has 0 atom stereocenters. The van der Waals surface area contributed by atoms with Crippen molar-refractivity contribution in [3.8, 4) is 22.8 Å². The maximum atomic E-state index is 12.4. The van der Waals surface area contributed by atoms with Crippen LogP contribution in [0.5, 0.6) is 11.5 Å². The number of hydrogen-bond donors (Lipinski definition) is 0. The summed E-state index contributed by atoms with van der Waals surface area (Å²) in [6.07, 6.45) is 3.50. The summed E-state index contributed by atoms with van der Waals surface area (Å²) in [4.78, 5) is 16.8. The standard InChI is InChI=1S/C20H19N2O3/c1-24-16-9-7-15(8-10-16)19(23)13-22-12-11-18(21-14-22)17-5-3-4-6-20(17)25-2/h3-12,14H,13H2,1-2H3/q+1. The molecule has 1 aromatic heterocycles. The van der Waals surface area contributed by atoms with Crippen molar-refractivity contribution < 1.29 is 18.8 Å². The molecule has 0 aliphatic carbocycles. The Morgan fingerprint density at radius 1 is 1.00 bits per heavy atom. The van der Waals surface area contributed by atoms with Gasteiger partial charge in [0.05, 0.1) is 26.0 Å². The normalized spacial score (nSPS) is 10.3. The van der Waals surface area contributed by atoms with Gasteiger partial charge in [-0.1, -0.05) is 12.1 Å². The quantitative estimate of drug-likeness (QED) is 0.513. The summed E-state index contributed by atoms with van der Waals surface area (Å²) in [6.45, 7) is 0.228. The number of Topliss-reactive ketones (excluding diaryl/α,β-unsaturated/α-hetero) is 1. The minimum Gasteiger partial charge on any atom is -0.497 e. The zero-order valence-corrected chi connectivity index (χ0v) is 14.2. The molecule has 25 heavy (non-hydrogen) atoms. The van der Waals surface area contributed by atoms with Gasteiger partial charge < -0.3 is 9.47 Å². The minimum absolute atomic E-state index is 0.0134. The van der Waals surface area contributed by atoms with Gasteiger partial charge in [-0.3, -0.25) is 4.79 Å². The van der Waals surface area contributed by atoms with Crippen molar-refractivity contribution in [1.29, 1.82) is 0 Å². The Balaban J connectivity index is 1.75. The fraction of sp³-hybridized carbons (Fsp3) is 0.150. The molecule has 0 N–H and O–H groups in total. The van der Waals surface area contributed by atoms with Crippen LogP contribution in [0.15, 0.2) is 67.1 Å². The fourth-order valence-corrected chi connectivity index (χ4v) is 2.53. The molecule has 0 fully saturated rings. The third-order valence-corrected chi connectivity index (χ3v) is 3.89. The Hall–Kier alpha value is -3.21. The molecule has 0 aliphatic heterocycles. The second kappa shape index (κ2) is 7.57. The Morgan fingerprint density at radius 3 is 2.40 bits per heavy atom. The van der Waals surface area contributed by atoms with Crippen molar-refractivity contribution in [2.45, 2.75) is 6.54 Å². The topological polar surface area (TPSA) is 52.3 Å². The number of nitrogens with zero attached hydrogens (tertiary/aromatic N) is 2. The zero-order chi connectivity index (χ0) is 17.6. The van der Waals surface area contributed by atoms with E-state index in [2.05, 4.69) is 4.98 Å². The molecule has 0 saturated heterocycles. The molecule has 0 amide bonds. The number of rotatable bonds is 6. The summed E-state index contributed by atoms with van der Waals surface area (Å²) in [6, 6.07) is 16.7. The van der Waals surface area contributed by atoms with Crippen LogP contribution in [0.3, 0.4) is 0 Å². The van der Waals surface area contributed by atoms with E-state index in [9.17, 15) is 4.79 Å². The smallest absolute Gasteiger partial charge is 0.287 e. The second-order valence-corrected chi connectivity index (χ2v) is 5.47. The molecule has 0 unspecified atom stereocenters. The van der Waals surface area contributed by atoms with Crippen molar-refractivity contribution in [1.82, 2.24) is 4.98 Å². The van der Waals surface area contributed by atoms with Gasteiger partial charge in [0, 0.05) is 11.6 Å². The Morgan fingerprint density at radius 2 is 1.76 bits per heavy atom. The van der Waals surface area contributed by atoms with Crippen LogP contribution in [0, 0.1) is 0 Å². The first-order valence-corrected chi connectivity index (χ1v) is 7.87. The van der Waals surface area contributed by atoms with Gasteiger partial charge >= 0.3 is 0 Å². The van der Waals surface area contributed by atoms with Crippen LogP contribution >= 0.6 is 0 Å². The van der Waals surface area contributed by atoms with E-state index in [4.69, 9.17) is 9.47 Å². The summed E-state index contributed by atoms with van der Waals surface area (Å²) in [5, 5.41) is 0. The third-order valence-electron chi connectivity index (χ3n) is 3.89. The van der Waals surface area contributed by atoms with Gasteiger partial charge in [0.25, 0.3) is 6.33 Å². The Kier molecular flexibility index (Phi) is 5.04. The maximum Gasteiger partial charge on any atom is 0.287 e. The highest BCUT2D eigenvalue weighted by Gasteiger charge is 2.14. The molecule has 0 radical (unpaired) electrons. The maximum absolute atomic E-state index is 12.4. The first-order chi connectivity index (χ1) is 12.2. The lowest BCUT2D eigenvalue weighted by Gasteiger charge is -2.05. The number of carbonyl (C=O) groups is 1. The Labute approximate surface area is 146 Å². The summed E-state index contributed by atoms with van der Waals surface area (Å²) in [7, 11) is 3.23.